The van der Waals surface area contributed by atoms with E-state index >= 15 is 0 Å². The molecule has 0 bridgehead atoms. The SMILES string of the molecule is CNc1cnc2c(c1N1CCCC(N)C1)CCC2. The van der Waals surface area contributed by atoms with Crippen LogP contribution >= 0.6 is 0 Å². The highest BCUT2D eigenvalue weighted by Crippen LogP contribution is 2.37. The Hall–Kier alpha value is -1.29. The largest absolute Gasteiger partial charge is 0.385 e. The molecule has 0 spiro atoms. The van der Waals surface area contributed by atoms with Crippen LogP contribution in [0.3, 0.4) is 0 Å². The first-order chi connectivity index (χ1) is 8.79. The first-order valence-corrected chi connectivity index (χ1v) is 6.98. The minimum atomic E-state index is 0.314. The van der Waals surface area contributed by atoms with E-state index in [4.69, 9.17) is 5.73 Å². The van der Waals surface area contributed by atoms with Gasteiger partial charge < -0.3 is 16.0 Å². The van der Waals surface area contributed by atoms with Crippen molar-refractivity contribution in [3.05, 3.63) is 17.5 Å². The number of rotatable bonds is 2. The molecule has 2 heterocycles. The molecule has 98 valence electrons. The van der Waals surface area contributed by atoms with E-state index < -0.39 is 0 Å². The van der Waals surface area contributed by atoms with Crippen molar-refractivity contribution in [3.63, 3.8) is 0 Å². The number of anilines is 2. The zero-order chi connectivity index (χ0) is 12.5. The molecule has 1 unspecified atom stereocenters. The highest BCUT2D eigenvalue weighted by atomic mass is 15.2. The summed E-state index contributed by atoms with van der Waals surface area (Å²) in [5.74, 6) is 0. The Morgan fingerprint density at radius 2 is 2.28 bits per heavy atom. The molecule has 1 aliphatic carbocycles. The van der Waals surface area contributed by atoms with E-state index in [1.807, 2.05) is 13.2 Å². The van der Waals surface area contributed by atoms with Crippen LogP contribution in [0.5, 0.6) is 0 Å². The first kappa shape index (κ1) is 11.8. The van der Waals surface area contributed by atoms with E-state index in [0.717, 1.165) is 31.6 Å². The summed E-state index contributed by atoms with van der Waals surface area (Å²) in [5, 5.41) is 3.29. The normalized spacial score (nSPS) is 23.0. The molecular formula is C14H22N4. The number of nitrogens with two attached hydrogens (primary N) is 1. The standard InChI is InChI=1S/C14H22N4/c1-16-13-8-17-12-6-2-5-11(12)14(13)18-7-3-4-10(15)9-18/h8,10,16H,2-7,9,15H2,1H3. The molecule has 1 saturated heterocycles. The van der Waals surface area contributed by atoms with Gasteiger partial charge in [-0.2, -0.15) is 0 Å². The van der Waals surface area contributed by atoms with Crippen molar-refractivity contribution >= 4 is 11.4 Å². The van der Waals surface area contributed by atoms with Gasteiger partial charge in [0, 0.05) is 31.9 Å². The van der Waals surface area contributed by atoms with Crippen LogP contribution in [-0.2, 0) is 12.8 Å². The number of aromatic nitrogens is 1. The van der Waals surface area contributed by atoms with Crippen LogP contribution in [0, 0.1) is 0 Å². The van der Waals surface area contributed by atoms with Gasteiger partial charge in [0.25, 0.3) is 0 Å². The fraction of sp³-hybridized carbons (Fsp3) is 0.643. The molecule has 1 fully saturated rings. The van der Waals surface area contributed by atoms with Crippen molar-refractivity contribution in [2.75, 3.05) is 30.4 Å². The molecule has 1 aromatic heterocycles. The summed E-state index contributed by atoms with van der Waals surface area (Å²) >= 11 is 0. The van der Waals surface area contributed by atoms with E-state index in [9.17, 15) is 0 Å². The smallest absolute Gasteiger partial charge is 0.0764 e. The molecule has 0 amide bonds. The van der Waals surface area contributed by atoms with Gasteiger partial charge in [0.15, 0.2) is 0 Å². The third-order valence-electron chi connectivity index (χ3n) is 4.12. The third kappa shape index (κ3) is 1.94. The van der Waals surface area contributed by atoms with Crippen LogP contribution in [0.25, 0.3) is 0 Å². The Balaban J connectivity index is 2.01. The summed E-state index contributed by atoms with van der Waals surface area (Å²) in [4.78, 5) is 7.05. The number of aryl methyl sites for hydroxylation is 1. The van der Waals surface area contributed by atoms with Gasteiger partial charge in [-0.3, -0.25) is 4.98 Å². The summed E-state index contributed by atoms with van der Waals surface area (Å²) in [5.41, 5.74) is 11.4. The van der Waals surface area contributed by atoms with E-state index in [-0.39, 0.29) is 0 Å². The Morgan fingerprint density at radius 1 is 1.39 bits per heavy atom. The quantitative estimate of drug-likeness (QED) is 0.831. The molecule has 1 aromatic rings. The molecule has 18 heavy (non-hydrogen) atoms. The van der Waals surface area contributed by atoms with E-state index in [1.165, 1.54) is 36.2 Å². The van der Waals surface area contributed by atoms with Gasteiger partial charge in [-0.15, -0.1) is 0 Å². The predicted octanol–water partition coefficient (Wildman–Crippen LogP) is 1.54. The maximum Gasteiger partial charge on any atom is 0.0764 e. The second kappa shape index (κ2) is 4.76. The lowest BCUT2D eigenvalue weighted by Gasteiger charge is -2.35. The summed E-state index contributed by atoms with van der Waals surface area (Å²) in [6.45, 7) is 2.10. The molecule has 3 rings (SSSR count). The van der Waals surface area contributed by atoms with Gasteiger partial charge in [0.2, 0.25) is 0 Å². The van der Waals surface area contributed by atoms with Gasteiger partial charge in [-0.25, -0.2) is 0 Å². The second-order valence-corrected chi connectivity index (χ2v) is 5.40. The fourth-order valence-electron chi connectivity index (χ4n) is 3.25. The number of fused-ring (bicyclic) bond motifs is 1. The lowest BCUT2D eigenvalue weighted by molar-refractivity contribution is 0.505. The second-order valence-electron chi connectivity index (χ2n) is 5.40. The summed E-state index contributed by atoms with van der Waals surface area (Å²) in [7, 11) is 1.98. The molecule has 0 saturated carbocycles. The topological polar surface area (TPSA) is 54.2 Å². The van der Waals surface area contributed by atoms with Crippen molar-refractivity contribution in [2.24, 2.45) is 5.73 Å². The van der Waals surface area contributed by atoms with Crippen molar-refractivity contribution in [2.45, 2.75) is 38.1 Å². The average molecular weight is 246 g/mol. The number of hydrogen-bond donors (Lipinski definition) is 2. The van der Waals surface area contributed by atoms with Gasteiger partial charge in [0.05, 0.1) is 17.6 Å². The Kier molecular flexibility index (Phi) is 3.12. The van der Waals surface area contributed by atoms with Crippen molar-refractivity contribution < 1.29 is 0 Å². The molecule has 0 aromatic carbocycles. The van der Waals surface area contributed by atoms with Crippen LogP contribution in [0.2, 0.25) is 0 Å². The Morgan fingerprint density at radius 3 is 3.06 bits per heavy atom. The average Bonchev–Trinajstić information content (AvgIpc) is 2.85. The molecule has 3 N–H and O–H groups in total. The highest BCUT2D eigenvalue weighted by molar-refractivity contribution is 5.74. The molecule has 1 aliphatic heterocycles. The van der Waals surface area contributed by atoms with Crippen LogP contribution < -0.4 is 16.0 Å². The lowest BCUT2D eigenvalue weighted by Crippen LogP contribution is -2.43. The van der Waals surface area contributed by atoms with Crippen molar-refractivity contribution in [3.8, 4) is 0 Å². The maximum atomic E-state index is 6.12. The highest BCUT2D eigenvalue weighted by Gasteiger charge is 2.25. The van der Waals surface area contributed by atoms with E-state index in [2.05, 4.69) is 15.2 Å². The molecule has 4 nitrogen and oxygen atoms in total. The van der Waals surface area contributed by atoms with Crippen LogP contribution in [-0.4, -0.2) is 31.2 Å². The van der Waals surface area contributed by atoms with E-state index in [0.29, 0.717) is 6.04 Å². The van der Waals surface area contributed by atoms with Gasteiger partial charge >= 0.3 is 0 Å². The summed E-state index contributed by atoms with van der Waals surface area (Å²) in [6.07, 6.45) is 7.87. The van der Waals surface area contributed by atoms with Gasteiger partial charge in [-0.05, 0) is 37.7 Å². The minimum absolute atomic E-state index is 0.314. The molecular weight excluding hydrogens is 224 g/mol. The molecule has 1 atom stereocenters. The number of pyridine rings is 1. The zero-order valence-electron chi connectivity index (χ0n) is 11.1. The Labute approximate surface area is 109 Å². The maximum absolute atomic E-state index is 6.12. The van der Waals surface area contributed by atoms with Crippen molar-refractivity contribution in [1.82, 2.24) is 4.98 Å². The van der Waals surface area contributed by atoms with Crippen molar-refractivity contribution in [1.29, 1.82) is 0 Å². The third-order valence-corrected chi connectivity index (χ3v) is 4.12. The van der Waals surface area contributed by atoms with Gasteiger partial charge in [-0.1, -0.05) is 0 Å². The zero-order valence-corrected chi connectivity index (χ0v) is 11.1. The van der Waals surface area contributed by atoms with Gasteiger partial charge in [0.1, 0.15) is 0 Å². The monoisotopic (exact) mass is 246 g/mol. The number of hydrogen-bond acceptors (Lipinski definition) is 4. The number of piperidine rings is 1. The van der Waals surface area contributed by atoms with E-state index in [1.54, 1.807) is 0 Å². The molecule has 4 heteroatoms. The summed E-state index contributed by atoms with van der Waals surface area (Å²) in [6, 6.07) is 0.314. The molecule has 0 radical (unpaired) electrons. The van der Waals surface area contributed by atoms with Crippen LogP contribution in [0.4, 0.5) is 11.4 Å². The number of nitrogens with zero attached hydrogens (tertiary/aromatic N) is 2. The van der Waals surface area contributed by atoms with Crippen LogP contribution in [0.1, 0.15) is 30.5 Å². The summed E-state index contributed by atoms with van der Waals surface area (Å²) < 4.78 is 0. The lowest BCUT2D eigenvalue weighted by atomic mass is 10.0. The minimum Gasteiger partial charge on any atom is -0.385 e. The number of nitrogens with one attached hydrogen (secondary N) is 1. The van der Waals surface area contributed by atoms with Crippen LogP contribution in [0.15, 0.2) is 6.20 Å². The Bertz CT molecular complexity index is 444. The first-order valence-electron chi connectivity index (χ1n) is 6.98. The predicted molar refractivity (Wildman–Crippen MR) is 75.2 cm³/mol. The fourth-order valence-corrected chi connectivity index (χ4v) is 3.25. The molecule has 2 aliphatic rings.